The van der Waals surface area contributed by atoms with Crippen LogP contribution in [0.5, 0.6) is 0 Å². The Kier molecular flexibility index (Phi) is 4.10. The lowest BCUT2D eigenvalue weighted by molar-refractivity contribution is 0.0774. The Hall–Kier alpha value is 1.81. The van der Waals surface area contributed by atoms with Gasteiger partial charge in [-0.2, -0.15) is 8.78 Å². The summed E-state index contributed by atoms with van der Waals surface area (Å²) in [6.07, 6.45) is 0. The molecule has 0 saturated carbocycles. The molecule has 8 heteroatoms. The van der Waals surface area contributed by atoms with Crippen molar-refractivity contribution in [3.63, 3.8) is 0 Å². The highest BCUT2D eigenvalue weighted by molar-refractivity contribution is 9.14. The quantitative estimate of drug-likeness (QED) is 0.593. The highest BCUT2D eigenvalue weighted by Gasteiger charge is 2.62. The van der Waals surface area contributed by atoms with Gasteiger partial charge in [-0.25, -0.2) is 4.39 Å². The van der Waals surface area contributed by atoms with Crippen molar-refractivity contribution in [3.8, 4) is 0 Å². The van der Waals surface area contributed by atoms with E-state index in [1.807, 2.05) is 15.9 Å². The third kappa shape index (κ3) is 2.90. The molecule has 0 nitrogen and oxygen atoms in total. The van der Waals surface area contributed by atoms with Crippen molar-refractivity contribution >= 4 is 71.0 Å². The van der Waals surface area contributed by atoms with Gasteiger partial charge in [0.15, 0.2) is 0 Å². The van der Waals surface area contributed by atoms with Gasteiger partial charge < -0.3 is 0 Å². The summed E-state index contributed by atoms with van der Waals surface area (Å²) in [5, 5.41) is 0. The SMILES string of the molecule is FC(F)(Br)C(Cl)(Br)C(F)(Cl)Br. The summed E-state index contributed by atoms with van der Waals surface area (Å²) in [5.74, 6) is 0. The molecule has 2 atom stereocenters. The zero-order valence-corrected chi connectivity index (χ0v) is 10.8. The molecule has 0 aliphatic rings. The molecule has 68 valence electrons. The lowest BCUT2D eigenvalue weighted by Gasteiger charge is -2.30. The summed E-state index contributed by atoms with van der Waals surface area (Å²) in [7, 11) is 0. The highest BCUT2D eigenvalue weighted by Crippen LogP contribution is 2.57. The van der Waals surface area contributed by atoms with E-state index in [4.69, 9.17) is 23.2 Å². The average Bonchev–Trinajstić information content (AvgIpc) is 1.58. The van der Waals surface area contributed by atoms with Crippen LogP contribution in [0.3, 0.4) is 0 Å². The number of rotatable bonds is 2. The Labute approximate surface area is 96.2 Å². The van der Waals surface area contributed by atoms with E-state index in [1.165, 1.54) is 0 Å². The molecule has 0 spiro atoms. The number of alkyl halides is 8. The minimum absolute atomic E-state index is 1.87. The first-order chi connectivity index (χ1) is 4.50. The van der Waals surface area contributed by atoms with E-state index >= 15 is 0 Å². The summed E-state index contributed by atoms with van der Waals surface area (Å²) < 4.78 is 31.7. The minimum atomic E-state index is -3.68. The third-order valence-electron chi connectivity index (χ3n) is 0.712. The molecular weight excluding hydrogens is 404 g/mol. The molecular formula is C3Br3Cl2F3. The summed E-state index contributed by atoms with van der Waals surface area (Å²) in [4.78, 5) is -3.68. The monoisotopic (exact) mass is 400 g/mol. The topological polar surface area (TPSA) is 0 Å². The standard InChI is InChI=1S/C3Br3Cl2F3/c4-1(7,2(5,8)9)3(6,10)11. The largest absolute Gasteiger partial charge is 0.335 e. The molecule has 0 saturated heterocycles. The molecule has 2 unspecified atom stereocenters. The van der Waals surface area contributed by atoms with E-state index in [2.05, 4.69) is 31.9 Å². The van der Waals surface area contributed by atoms with Gasteiger partial charge in [-0.1, -0.05) is 39.1 Å². The summed E-state index contributed by atoms with van der Waals surface area (Å²) >= 11 is 16.2. The maximum absolute atomic E-state index is 12.7. The normalized spacial score (nSPS) is 24.0. The molecule has 0 aromatic heterocycles. The number of hydrogen-bond acceptors (Lipinski definition) is 0. The molecule has 0 fully saturated rings. The maximum Gasteiger partial charge on any atom is 0.335 e. The Morgan fingerprint density at radius 2 is 1.18 bits per heavy atom. The van der Waals surface area contributed by atoms with Gasteiger partial charge in [0, 0.05) is 0 Å². The van der Waals surface area contributed by atoms with Crippen LogP contribution in [-0.2, 0) is 0 Å². The lowest BCUT2D eigenvalue weighted by Crippen LogP contribution is -2.44. The average molecular weight is 404 g/mol. The first-order valence-corrected chi connectivity index (χ1v) is 5.15. The fourth-order valence-electron chi connectivity index (χ4n) is 0.161. The Bertz CT molecular complexity index is 133. The van der Waals surface area contributed by atoms with Crippen LogP contribution in [0.1, 0.15) is 0 Å². The molecule has 0 rings (SSSR count). The van der Waals surface area contributed by atoms with Gasteiger partial charge in [-0.05, 0) is 31.9 Å². The fourth-order valence-corrected chi connectivity index (χ4v) is 1.18. The summed E-state index contributed by atoms with van der Waals surface area (Å²) in [5.41, 5.74) is 0. The Morgan fingerprint density at radius 3 is 1.18 bits per heavy atom. The maximum atomic E-state index is 12.7. The van der Waals surface area contributed by atoms with Gasteiger partial charge >= 0.3 is 4.83 Å². The van der Waals surface area contributed by atoms with Crippen molar-refractivity contribution in [2.45, 2.75) is 12.7 Å². The van der Waals surface area contributed by atoms with E-state index in [0.29, 0.717) is 0 Å². The van der Waals surface area contributed by atoms with Crippen LogP contribution in [0.4, 0.5) is 13.2 Å². The zero-order valence-electron chi connectivity index (χ0n) is 4.52. The Balaban J connectivity index is 4.75. The summed E-state index contributed by atoms with van der Waals surface area (Å²) in [6.45, 7) is 0. The third-order valence-corrected chi connectivity index (χ3v) is 5.57. The van der Waals surface area contributed by atoms with Crippen molar-refractivity contribution in [2.24, 2.45) is 0 Å². The van der Waals surface area contributed by atoms with Crippen LogP contribution < -0.4 is 0 Å². The van der Waals surface area contributed by atoms with Crippen molar-refractivity contribution in [1.29, 1.82) is 0 Å². The van der Waals surface area contributed by atoms with Crippen molar-refractivity contribution < 1.29 is 13.2 Å². The molecule has 0 bridgehead atoms. The van der Waals surface area contributed by atoms with E-state index < -0.39 is 12.7 Å². The first kappa shape index (κ1) is 12.8. The van der Waals surface area contributed by atoms with Crippen LogP contribution in [-0.4, -0.2) is 12.7 Å². The van der Waals surface area contributed by atoms with Gasteiger partial charge in [-0.3, -0.25) is 0 Å². The molecule has 0 heterocycles. The predicted molar refractivity (Wildman–Crippen MR) is 50.0 cm³/mol. The molecule has 11 heavy (non-hydrogen) atoms. The van der Waals surface area contributed by atoms with Gasteiger partial charge in [-0.15, -0.1) is 0 Å². The van der Waals surface area contributed by atoms with Crippen LogP contribution in [0, 0.1) is 0 Å². The van der Waals surface area contributed by atoms with E-state index in [1.54, 1.807) is 0 Å². The second-order valence-electron chi connectivity index (χ2n) is 1.57. The molecule has 0 aliphatic carbocycles. The van der Waals surface area contributed by atoms with E-state index in [-0.39, 0.29) is 0 Å². The fraction of sp³-hybridized carbons (Fsp3) is 1.00. The van der Waals surface area contributed by atoms with Gasteiger partial charge in [0.1, 0.15) is 0 Å². The second-order valence-corrected chi connectivity index (χ2v) is 6.85. The van der Waals surface area contributed by atoms with Crippen molar-refractivity contribution in [1.82, 2.24) is 0 Å². The van der Waals surface area contributed by atoms with Crippen LogP contribution in [0.15, 0.2) is 0 Å². The number of hydrogen-bond donors (Lipinski definition) is 0. The molecule has 0 N–H and O–H groups in total. The molecule has 0 radical (unpaired) electrons. The molecule has 0 aliphatic heterocycles. The first-order valence-electron chi connectivity index (χ1n) is 2.01. The summed E-state index contributed by atoms with van der Waals surface area (Å²) in [6, 6.07) is 0. The second kappa shape index (κ2) is 3.52. The molecule has 0 amide bonds. The Morgan fingerprint density at radius 1 is 0.909 bits per heavy atom. The number of halogens is 8. The van der Waals surface area contributed by atoms with Crippen LogP contribution >= 0.6 is 71.0 Å². The van der Waals surface area contributed by atoms with E-state index in [0.717, 1.165) is 0 Å². The van der Waals surface area contributed by atoms with Crippen molar-refractivity contribution in [2.75, 3.05) is 0 Å². The van der Waals surface area contributed by atoms with Gasteiger partial charge in [0.25, 0.3) is 4.04 Å². The predicted octanol–water partition coefficient (Wildman–Crippen LogP) is 4.56. The zero-order chi connectivity index (χ0) is 9.50. The van der Waals surface area contributed by atoms with Gasteiger partial charge in [0.05, 0.1) is 0 Å². The van der Waals surface area contributed by atoms with E-state index in [9.17, 15) is 13.2 Å². The van der Waals surface area contributed by atoms with Gasteiger partial charge in [0.2, 0.25) is 3.78 Å². The molecule has 0 aromatic carbocycles. The highest BCUT2D eigenvalue weighted by atomic mass is 79.9. The van der Waals surface area contributed by atoms with Crippen LogP contribution in [0.25, 0.3) is 0 Å². The van der Waals surface area contributed by atoms with Crippen molar-refractivity contribution in [3.05, 3.63) is 0 Å². The smallest absolute Gasteiger partial charge is 0.210 e. The lowest BCUT2D eigenvalue weighted by atomic mass is 10.5. The molecule has 0 aromatic rings. The van der Waals surface area contributed by atoms with Crippen LogP contribution in [0.2, 0.25) is 0 Å². The minimum Gasteiger partial charge on any atom is -0.210 e.